The molecule has 3 atom stereocenters. The Morgan fingerprint density at radius 1 is 1.39 bits per heavy atom. The summed E-state index contributed by atoms with van der Waals surface area (Å²) in [5, 5.41) is 0. The molecular weight excluding hydrogens is 303 g/mol. The molecule has 0 aromatic heterocycles. The number of rotatable bonds is 5. The minimum atomic E-state index is -1.44. The second-order valence-corrected chi connectivity index (χ2v) is 14.8. The third-order valence-electron chi connectivity index (χ3n) is 3.34. The molecule has 0 saturated heterocycles. The summed E-state index contributed by atoms with van der Waals surface area (Å²) in [7, 11) is -1.44. The van der Waals surface area contributed by atoms with Crippen LogP contribution in [-0.2, 0) is 4.79 Å². The van der Waals surface area contributed by atoms with Crippen LogP contribution in [0.2, 0.25) is 24.1 Å². The van der Waals surface area contributed by atoms with Crippen LogP contribution in [-0.4, -0.2) is 28.8 Å². The van der Waals surface area contributed by atoms with Crippen molar-refractivity contribution in [2.24, 2.45) is 11.8 Å². The zero-order valence-corrected chi connectivity index (χ0v) is 14.3. The molecule has 0 spiro atoms. The van der Waals surface area contributed by atoms with E-state index in [1.165, 1.54) is 4.46 Å². The van der Waals surface area contributed by atoms with Gasteiger partial charge in [-0.15, -0.1) is 0 Å². The van der Waals surface area contributed by atoms with E-state index in [0.29, 0.717) is 19.4 Å². The molecule has 2 rings (SSSR count). The second-order valence-electron chi connectivity index (χ2n) is 6.12. The van der Waals surface area contributed by atoms with E-state index < -0.39 is 14.0 Å². The first-order valence-corrected chi connectivity index (χ1v) is 11.9. The molecule has 18 heavy (non-hydrogen) atoms. The third kappa shape index (κ3) is 3.34. The number of hydrogen-bond donors (Lipinski definition) is 0. The van der Waals surface area contributed by atoms with E-state index in [1.54, 1.807) is 6.92 Å². The number of ketones is 1. The quantitative estimate of drug-likeness (QED) is 0.761. The molecule has 0 amide bonds. The Morgan fingerprint density at radius 2 is 2.00 bits per heavy atom. The molecule has 0 bridgehead atoms. The van der Waals surface area contributed by atoms with E-state index in [1.807, 2.05) is 6.07 Å². The fourth-order valence-electron chi connectivity index (χ4n) is 2.32. The molecule has 1 saturated carbocycles. The first-order valence-electron chi connectivity index (χ1n) is 6.97. The van der Waals surface area contributed by atoms with Crippen LogP contribution in [0.15, 0.2) is 30.3 Å². The van der Waals surface area contributed by atoms with Crippen molar-refractivity contribution in [3.63, 3.8) is 0 Å². The van der Waals surface area contributed by atoms with E-state index in [0.717, 1.165) is 6.42 Å². The fraction of sp³-hybridized carbons (Fsp3) is 0.533. The average Bonchev–Trinajstić information content (AvgIpc) is 3.00. The van der Waals surface area contributed by atoms with Gasteiger partial charge in [-0.05, 0) is 0 Å². The van der Waals surface area contributed by atoms with Gasteiger partial charge in [0, 0.05) is 0 Å². The fourth-order valence-corrected chi connectivity index (χ4v) is 9.13. The number of Topliss-reactive ketones (excluding diaryl/α,β-unsaturated/α-hetero) is 1. The Kier molecular flexibility index (Phi) is 3.74. The van der Waals surface area contributed by atoms with Gasteiger partial charge < -0.3 is 0 Å². The van der Waals surface area contributed by atoms with Crippen LogP contribution in [0.1, 0.15) is 14.7 Å². The summed E-state index contributed by atoms with van der Waals surface area (Å²) in [5.74, 6) is -0.261. The van der Waals surface area contributed by atoms with Crippen molar-refractivity contribution >= 4 is 33.3 Å². The van der Waals surface area contributed by atoms with Crippen LogP contribution in [0.3, 0.4) is 0 Å². The molecule has 1 aromatic rings. The molecule has 1 aliphatic carbocycles. The molecule has 0 unspecified atom stereocenters. The molecular formula is C15H22OSeSi. The first kappa shape index (κ1) is 12.6. The monoisotopic (exact) mass is 327 g/mol. The van der Waals surface area contributed by atoms with Gasteiger partial charge in [0.1, 0.15) is 0 Å². The van der Waals surface area contributed by atoms with Crippen LogP contribution in [0.5, 0.6) is 0 Å². The Labute approximate surface area is 119 Å². The standard InChI is InChI=1S/C15H22OSeSi/c1-11(16)13-10-14(13)15(18(2,3)4)17-12-8-6-5-7-9-12/h5-9,13-15H,10H2,1-4H3/t13-,14+,15+/m1/s1/i14D. The van der Waals surface area contributed by atoms with Gasteiger partial charge in [-0.25, -0.2) is 0 Å². The van der Waals surface area contributed by atoms with Gasteiger partial charge >= 0.3 is 119 Å². The maximum atomic E-state index is 11.6. The van der Waals surface area contributed by atoms with Crippen molar-refractivity contribution in [1.29, 1.82) is 0 Å². The summed E-state index contributed by atoms with van der Waals surface area (Å²) in [6, 6.07) is 10.5. The van der Waals surface area contributed by atoms with Crippen LogP contribution < -0.4 is 4.46 Å². The molecule has 1 aromatic carbocycles. The van der Waals surface area contributed by atoms with Gasteiger partial charge in [0.05, 0.1) is 0 Å². The summed E-state index contributed by atoms with van der Waals surface area (Å²) in [6.45, 7) is 8.67. The summed E-state index contributed by atoms with van der Waals surface area (Å²) < 4.78 is 10.5. The van der Waals surface area contributed by atoms with E-state index in [2.05, 4.69) is 43.9 Å². The van der Waals surface area contributed by atoms with Gasteiger partial charge in [0.2, 0.25) is 0 Å². The molecule has 3 heteroatoms. The number of hydrogen-bond acceptors (Lipinski definition) is 1. The molecule has 0 aliphatic heterocycles. The Balaban J connectivity index is 2.22. The van der Waals surface area contributed by atoms with Gasteiger partial charge in [-0.1, -0.05) is 0 Å². The van der Waals surface area contributed by atoms with Crippen molar-refractivity contribution in [3.8, 4) is 0 Å². The third-order valence-corrected chi connectivity index (χ3v) is 12.6. The Hall–Kier alpha value is -0.374. The Morgan fingerprint density at radius 3 is 2.44 bits per heavy atom. The van der Waals surface area contributed by atoms with Gasteiger partial charge in [0.25, 0.3) is 0 Å². The number of carbonyl (C=O) groups excluding carboxylic acids is 1. The van der Waals surface area contributed by atoms with Crippen molar-refractivity contribution in [3.05, 3.63) is 30.3 Å². The van der Waals surface area contributed by atoms with Crippen molar-refractivity contribution < 1.29 is 6.17 Å². The molecule has 0 radical (unpaired) electrons. The van der Waals surface area contributed by atoms with E-state index in [-0.39, 0.29) is 11.7 Å². The summed E-state index contributed by atoms with van der Waals surface area (Å²) in [6.07, 6.45) is 0.784. The summed E-state index contributed by atoms with van der Waals surface area (Å²) >= 11 is 0.303. The first-order chi connectivity index (χ1) is 8.75. The maximum absolute atomic E-state index is 11.6. The van der Waals surface area contributed by atoms with Crippen LogP contribution >= 0.6 is 0 Å². The number of carbonyl (C=O) groups is 1. The summed E-state index contributed by atoms with van der Waals surface area (Å²) in [4.78, 5) is 11.6. The van der Waals surface area contributed by atoms with Gasteiger partial charge in [0.15, 0.2) is 0 Å². The molecule has 98 valence electrons. The van der Waals surface area contributed by atoms with Crippen LogP contribution in [0.4, 0.5) is 0 Å². The normalized spacial score (nSPS) is 29.6. The Bertz CT molecular complexity index is 471. The van der Waals surface area contributed by atoms with Gasteiger partial charge in [-0.3, -0.25) is 0 Å². The summed E-state index contributed by atoms with van der Waals surface area (Å²) in [5.41, 5.74) is 0. The SMILES string of the molecule is [2H][C@]1([C@@H]([Se]c2ccccc2)[Si](C)(C)C)C[C@@H]1C(C)=O. The predicted molar refractivity (Wildman–Crippen MR) is 81.2 cm³/mol. The van der Waals surface area contributed by atoms with Gasteiger partial charge in [-0.2, -0.15) is 0 Å². The van der Waals surface area contributed by atoms with E-state index in [9.17, 15) is 4.79 Å². The second kappa shape index (κ2) is 5.32. The predicted octanol–water partition coefficient (Wildman–Crippen LogP) is 2.91. The minimum absolute atomic E-state index is 0.00480. The van der Waals surface area contributed by atoms with Crippen molar-refractivity contribution in [1.82, 2.24) is 0 Å². The average molecular weight is 326 g/mol. The molecule has 1 fully saturated rings. The molecule has 1 nitrogen and oxygen atoms in total. The molecule has 0 N–H and O–H groups in total. The van der Waals surface area contributed by atoms with Crippen LogP contribution in [0, 0.1) is 11.8 Å². The zero-order chi connectivity index (χ0) is 14.3. The molecule has 1 aliphatic rings. The zero-order valence-electron chi connectivity index (χ0n) is 12.6. The van der Waals surface area contributed by atoms with E-state index >= 15 is 0 Å². The van der Waals surface area contributed by atoms with Crippen molar-refractivity contribution in [2.75, 3.05) is 0 Å². The van der Waals surface area contributed by atoms with Crippen molar-refractivity contribution in [2.45, 2.75) is 37.4 Å². The van der Waals surface area contributed by atoms with Crippen LogP contribution in [0.25, 0.3) is 0 Å². The topological polar surface area (TPSA) is 17.1 Å². The molecule has 0 heterocycles. The number of benzene rings is 1. The van der Waals surface area contributed by atoms with E-state index in [4.69, 9.17) is 1.37 Å².